The lowest BCUT2D eigenvalue weighted by Crippen LogP contribution is -2.35. The second-order valence-electron chi connectivity index (χ2n) is 3.91. The highest BCUT2D eigenvalue weighted by atomic mass is 79.9. The first-order valence-electron chi connectivity index (χ1n) is 5.29. The summed E-state index contributed by atoms with van der Waals surface area (Å²) >= 11 is 3.45. The summed E-state index contributed by atoms with van der Waals surface area (Å²) in [5.41, 5.74) is 1.18. The molecule has 16 heavy (non-hydrogen) atoms. The Kier molecular flexibility index (Phi) is 3.61. The van der Waals surface area contributed by atoms with E-state index in [1.807, 2.05) is 12.1 Å². The molecular formula is C12H14BrNO2. The van der Waals surface area contributed by atoms with E-state index in [2.05, 4.69) is 33.4 Å². The molecule has 1 heterocycles. The predicted molar refractivity (Wildman–Crippen MR) is 65.3 cm³/mol. The van der Waals surface area contributed by atoms with Crippen LogP contribution in [-0.2, 0) is 9.53 Å². The lowest BCUT2D eigenvalue weighted by molar-refractivity contribution is -0.143. The number of esters is 1. The fourth-order valence-corrected chi connectivity index (χ4v) is 2.59. The summed E-state index contributed by atoms with van der Waals surface area (Å²) < 4.78 is 5.85. The second kappa shape index (κ2) is 4.97. The SMILES string of the molecule is COC(=O)C1NCCC1c1cccc(Br)c1. The molecule has 0 saturated carbocycles. The number of carbonyl (C=O) groups excluding carboxylic acids is 1. The van der Waals surface area contributed by atoms with Crippen molar-refractivity contribution in [1.82, 2.24) is 5.32 Å². The summed E-state index contributed by atoms with van der Waals surface area (Å²) in [5.74, 6) is 0.0347. The zero-order valence-electron chi connectivity index (χ0n) is 9.07. The fourth-order valence-electron chi connectivity index (χ4n) is 2.17. The van der Waals surface area contributed by atoms with E-state index in [0.29, 0.717) is 0 Å². The van der Waals surface area contributed by atoms with Crippen molar-refractivity contribution in [3.05, 3.63) is 34.3 Å². The molecule has 2 unspecified atom stereocenters. The molecule has 0 aromatic heterocycles. The van der Waals surface area contributed by atoms with Crippen molar-refractivity contribution in [3.8, 4) is 0 Å². The molecule has 2 atom stereocenters. The highest BCUT2D eigenvalue weighted by Gasteiger charge is 2.34. The lowest BCUT2D eigenvalue weighted by atomic mass is 9.92. The zero-order chi connectivity index (χ0) is 11.5. The van der Waals surface area contributed by atoms with Crippen LogP contribution in [-0.4, -0.2) is 25.7 Å². The first kappa shape index (κ1) is 11.6. The number of carbonyl (C=O) groups is 1. The molecule has 4 heteroatoms. The molecule has 0 bridgehead atoms. The third-order valence-electron chi connectivity index (χ3n) is 2.95. The third kappa shape index (κ3) is 2.28. The molecule has 1 N–H and O–H groups in total. The van der Waals surface area contributed by atoms with E-state index in [9.17, 15) is 4.79 Å². The largest absolute Gasteiger partial charge is 0.468 e. The van der Waals surface area contributed by atoms with Gasteiger partial charge in [0, 0.05) is 10.4 Å². The van der Waals surface area contributed by atoms with Crippen molar-refractivity contribution in [2.45, 2.75) is 18.4 Å². The Morgan fingerprint density at radius 3 is 3.06 bits per heavy atom. The summed E-state index contributed by atoms with van der Waals surface area (Å²) in [6.45, 7) is 0.858. The summed E-state index contributed by atoms with van der Waals surface area (Å²) in [4.78, 5) is 11.6. The van der Waals surface area contributed by atoms with E-state index in [4.69, 9.17) is 4.74 Å². The Balaban J connectivity index is 2.23. The Morgan fingerprint density at radius 2 is 2.38 bits per heavy atom. The van der Waals surface area contributed by atoms with E-state index < -0.39 is 0 Å². The first-order valence-corrected chi connectivity index (χ1v) is 6.08. The number of hydrogen-bond donors (Lipinski definition) is 1. The van der Waals surface area contributed by atoms with Gasteiger partial charge < -0.3 is 10.1 Å². The van der Waals surface area contributed by atoms with Crippen LogP contribution in [0.3, 0.4) is 0 Å². The second-order valence-corrected chi connectivity index (χ2v) is 4.82. The van der Waals surface area contributed by atoms with E-state index in [0.717, 1.165) is 17.4 Å². The van der Waals surface area contributed by atoms with Crippen LogP contribution < -0.4 is 5.32 Å². The molecule has 0 aliphatic carbocycles. The van der Waals surface area contributed by atoms with Gasteiger partial charge in [0.2, 0.25) is 0 Å². The number of methoxy groups -OCH3 is 1. The average Bonchev–Trinajstić information content (AvgIpc) is 2.77. The van der Waals surface area contributed by atoms with Crippen LogP contribution in [0.5, 0.6) is 0 Å². The summed E-state index contributed by atoms with van der Waals surface area (Å²) in [5, 5.41) is 3.19. The molecule has 1 fully saturated rings. The van der Waals surface area contributed by atoms with Crippen LogP contribution in [0.15, 0.2) is 28.7 Å². The molecule has 0 radical (unpaired) electrons. The minimum atomic E-state index is -0.209. The number of hydrogen-bond acceptors (Lipinski definition) is 3. The fraction of sp³-hybridized carbons (Fsp3) is 0.417. The van der Waals surface area contributed by atoms with Gasteiger partial charge in [0.1, 0.15) is 6.04 Å². The van der Waals surface area contributed by atoms with Gasteiger partial charge in [0.15, 0.2) is 0 Å². The molecule has 1 aromatic rings. The Labute approximate surface area is 103 Å². The van der Waals surface area contributed by atoms with Crippen LogP contribution in [0, 0.1) is 0 Å². The van der Waals surface area contributed by atoms with Crippen molar-refractivity contribution in [1.29, 1.82) is 0 Å². The Morgan fingerprint density at radius 1 is 1.56 bits per heavy atom. The number of halogens is 1. The molecular weight excluding hydrogens is 270 g/mol. The Bertz CT molecular complexity index is 394. The molecule has 86 valence electrons. The minimum Gasteiger partial charge on any atom is -0.468 e. The van der Waals surface area contributed by atoms with Crippen LogP contribution in [0.4, 0.5) is 0 Å². The lowest BCUT2D eigenvalue weighted by Gasteiger charge is -2.17. The maximum atomic E-state index is 11.6. The molecule has 1 saturated heterocycles. The molecule has 0 amide bonds. The normalized spacial score (nSPS) is 24.4. The number of benzene rings is 1. The first-order chi connectivity index (χ1) is 7.72. The predicted octanol–water partition coefficient (Wildman–Crippen LogP) is 2.07. The van der Waals surface area contributed by atoms with E-state index in [1.165, 1.54) is 12.7 Å². The van der Waals surface area contributed by atoms with Crippen LogP contribution in [0.2, 0.25) is 0 Å². The van der Waals surface area contributed by atoms with Crippen molar-refractivity contribution in [3.63, 3.8) is 0 Å². The highest BCUT2D eigenvalue weighted by Crippen LogP contribution is 2.29. The van der Waals surface area contributed by atoms with Gasteiger partial charge in [-0.05, 0) is 30.7 Å². The summed E-state index contributed by atoms with van der Waals surface area (Å²) in [7, 11) is 1.43. The van der Waals surface area contributed by atoms with Gasteiger partial charge in [-0.15, -0.1) is 0 Å². The number of rotatable bonds is 2. The van der Waals surface area contributed by atoms with Crippen molar-refractivity contribution in [2.24, 2.45) is 0 Å². The quantitative estimate of drug-likeness (QED) is 0.845. The van der Waals surface area contributed by atoms with E-state index in [1.54, 1.807) is 0 Å². The van der Waals surface area contributed by atoms with Gasteiger partial charge in [-0.1, -0.05) is 28.1 Å². The molecule has 0 spiro atoms. The van der Waals surface area contributed by atoms with Gasteiger partial charge in [-0.25, -0.2) is 0 Å². The van der Waals surface area contributed by atoms with Crippen molar-refractivity contribution >= 4 is 21.9 Å². The monoisotopic (exact) mass is 283 g/mol. The van der Waals surface area contributed by atoms with E-state index in [-0.39, 0.29) is 17.9 Å². The number of ether oxygens (including phenoxy) is 1. The van der Waals surface area contributed by atoms with Crippen LogP contribution in [0.1, 0.15) is 17.9 Å². The standard InChI is InChI=1S/C12H14BrNO2/c1-16-12(15)11-10(5-6-14-11)8-3-2-4-9(13)7-8/h2-4,7,10-11,14H,5-6H2,1H3. The number of nitrogens with one attached hydrogen (secondary N) is 1. The highest BCUT2D eigenvalue weighted by molar-refractivity contribution is 9.10. The molecule has 1 aromatic carbocycles. The van der Waals surface area contributed by atoms with E-state index >= 15 is 0 Å². The molecule has 2 rings (SSSR count). The Hall–Kier alpha value is -0.870. The molecule has 3 nitrogen and oxygen atoms in total. The van der Waals surface area contributed by atoms with Crippen molar-refractivity contribution < 1.29 is 9.53 Å². The maximum Gasteiger partial charge on any atom is 0.323 e. The topological polar surface area (TPSA) is 38.3 Å². The smallest absolute Gasteiger partial charge is 0.323 e. The zero-order valence-corrected chi connectivity index (χ0v) is 10.7. The van der Waals surface area contributed by atoms with Gasteiger partial charge in [0.25, 0.3) is 0 Å². The van der Waals surface area contributed by atoms with Crippen LogP contribution in [0.25, 0.3) is 0 Å². The maximum absolute atomic E-state index is 11.6. The van der Waals surface area contributed by atoms with Gasteiger partial charge >= 0.3 is 5.97 Å². The summed E-state index contributed by atoms with van der Waals surface area (Å²) in [6.07, 6.45) is 0.968. The van der Waals surface area contributed by atoms with Crippen molar-refractivity contribution in [2.75, 3.05) is 13.7 Å². The molecule has 1 aliphatic heterocycles. The van der Waals surface area contributed by atoms with Gasteiger partial charge in [-0.3, -0.25) is 4.79 Å². The summed E-state index contributed by atoms with van der Waals surface area (Å²) in [6, 6.07) is 7.89. The van der Waals surface area contributed by atoms with Gasteiger partial charge in [0.05, 0.1) is 7.11 Å². The minimum absolute atomic E-state index is 0.178. The average molecular weight is 284 g/mol. The molecule has 1 aliphatic rings. The van der Waals surface area contributed by atoms with Crippen LogP contribution >= 0.6 is 15.9 Å². The van der Waals surface area contributed by atoms with Gasteiger partial charge in [-0.2, -0.15) is 0 Å². The third-order valence-corrected chi connectivity index (χ3v) is 3.45.